The summed E-state index contributed by atoms with van der Waals surface area (Å²) in [6.45, 7) is 12.4. The van der Waals surface area contributed by atoms with Gasteiger partial charge in [0.05, 0.1) is 30.6 Å². The molecule has 7 nitrogen and oxygen atoms in total. The van der Waals surface area contributed by atoms with Gasteiger partial charge in [0.15, 0.2) is 11.5 Å². The smallest absolute Gasteiger partial charge is 0.307 e. The third-order valence-electron chi connectivity index (χ3n) is 6.64. The number of ether oxygens (including phenoxy) is 2. The molecule has 40 heavy (non-hydrogen) atoms. The van der Waals surface area contributed by atoms with Gasteiger partial charge < -0.3 is 9.47 Å². The van der Waals surface area contributed by atoms with Crippen LogP contribution in [-0.2, 0) is 16.1 Å². The number of esters is 1. The van der Waals surface area contributed by atoms with Crippen LogP contribution in [0.5, 0.6) is 5.75 Å². The zero-order valence-corrected chi connectivity index (χ0v) is 23.9. The van der Waals surface area contributed by atoms with E-state index in [0.29, 0.717) is 24.5 Å². The van der Waals surface area contributed by atoms with Gasteiger partial charge in [0.1, 0.15) is 12.4 Å². The van der Waals surface area contributed by atoms with Crippen molar-refractivity contribution in [2.75, 3.05) is 6.61 Å². The molecule has 2 aromatic carbocycles. The standard InChI is InChI=1S/C33H34N4O3/c1-7-9-27(17-30(38)39-8-2)26-10-12-28(13-11-26)40-20-25-16-29(31-22(5)14-24(18-34)15-23(31)6)33-35-32(21(3)4)36-37(33)19-25/h10-16,19,21,27H,8,17,20H2,1-6H3. The van der Waals surface area contributed by atoms with Crippen LogP contribution in [0.15, 0.2) is 48.7 Å². The number of nitrogens with zero attached hydrogens (tertiary/aromatic N) is 4. The van der Waals surface area contributed by atoms with Crippen molar-refractivity contribution in [3.8, 4) is 34.8 Å². The van der Waals surface area contributed by atoms with Gasteiger partial charge >= 0.3 is 5.97 Å². The fourth-order valence-corrected chi connectivity index (χ4v) is 4.79. The minimum atomic E-state index is -0.261. The van der Waals surface area contributed by atoms with Gasteiger partial charge in [-0.15, -0.1) is 5.92 Å². The predicted molar refractivity (Wildman–Crippen MR) is 155 cm³/mol. The van der Waals surface area contributed by atoms with E-state index in [1.165, 1.54) is 0 Å². The SMILES string of the molecule is CC#CC(CC(=O)OCC)c1ccc(OCc2cc(-c3c(C)cc(C#N)cc3C)c3nc(C(C)C)nn3c2)cc1. The molecule has 0 bridgehead atoms. The van der Waals surface area contributed by atoms with E-state index < -0.39 is 0 Å². The highest BCUT2D eigenvalue weighted by Crippen LogP contribution is 2.33. The summed E-state index contributed by atoms with van der Waals surface area (Å²) in [5, 5.41) is 14.2. The number of benzene rings is 2. The summed E-state index contributed by atoms with van der Waals surface area (Å²) in [4.78, 5) is 16.9. The summed E-state index contributed by atoms with van der Waals surface area (Å²) in [5.74, 6) is 7.18. The number of pyridine rings is 1. The second kappa shape index (κ2) is 12.5. The van der Waals surface area contributed by atoms with Crippen LogP contribution in [0.25, 0.3) is 16.8 Å². The number of hydrogen-bond donors (Lipinski definition) is 0. The van der Waals surface area contributed by atoms with Crippen LogP contribution in [0.2, 0.25) is 0 Å². The summed E-state index contributed by atoms with van der Waals surface area (Å²) >= 11 is 0. The quantitative estimate of drug-likeness (QED) is 0.176. The summed E-state index contributed by atoms with van der Waals surface area (Å²) in [6, 6.07) is 15.8. The van der Waals surface area contributed by atoms with E-state index in [0.717, 1.165) is 44.9 Å². The average molecular weight is 535 g/mol. The van der Waals surface area contributed by atoms with Crippen LogP contribution in [-0.4, -0.2) is 27.2 Å². The molecule has 0 spiro atoms. The molecule has 204 valence electrons. The topological polar surface area (TPSA) is 89.5 Å². The molecule has 0 aliphatic carbocycles. The Hall–Kier alpha value is -4.62. The highest BCUT2D eigenvalue weighted by molar-refractivity contribution is 5.82. The molecule has 2 aromatic heterocycles. The number of rotatable bonds is 9. The lowest BCUT2D eigenvalue weighted by Crippen LogP contribution is -2.09. The number of aromatic nitrogens is 3. The average Bonchev–Trinajstić information content (AvgIpc) is 3.36. The van der Waals surface area contributed by atoms with Crippen LogP contribution in [0.4, 0.5) is 0 Å². The van der Waals surface area contributed by atoms with Crippen molar-refractivity contribution in [3.05, 3.63) is 82.3 Å². The molecule has 4 rings (SSSR count). The fourth-order valence-electron chi connectivity index (χ4n) is 4.79. The van der Waals surface area contributed by atoms with E-state index in [2.05, 4.69) is 37.8 Å². The number of hydrogen-bond acceptors (Lipinski definition) is 6. The van der Waals surface area contributed by atoms with Crippen LogP contribution in [0.3, 0.4) is 0 Å². The van der Waals surface area contributed by atoms with Gasteiger partial charge in [-0.25, -0.2) is 9.50 Å². The molecule has 1 atom stereocenters. The molecule has 0 amide bonds. The molecule has 0 radical (unpaired) electrons. The van der Waals surface area contributed by atoms with Crippen molar-refractivity contribution >= 4 is 11.6 Å². The van der Waals surface area contributed by atoms with E-state index in [4.69, 9.17) is 19.6 Å². The molecule has 7 heteroatoms. The number of carbonyl (C=O) groups excluding carboxylic acids is 1. The Morgan fingerprint density at radius 2 is 1.80 bits per heavy atom. The van der Waals surface area contributed by atoms with Crippen molar-refractivity contribution in [2.24, 2.45) is 0 Å². The summed E-state index contributed by atoms with van der Waals surface area (Å²) in [7, 11) is 0. The zero-order chi connectivity index (χ0) is 28.8. The third kappa shape index (κ3) is 6.33. The first-order chi connectivity index (χ1) is 19.2. The normalized spacial score (nSPS) is 11.6. The minimum absolute atomic E-state index is 0.180. The van der Waals surface area contributed by atoms with E-state index >= 15 is 0 Å². The fraction of sp³-hybridized carbons (Fsp3) is 0.333. The van der Waals surface area contributed by atoms with Crippen molar-refractivity contribution < 1.29 is 14.3 Å². The molecule has 0 fully saturated rings. The monoisotopic (exact) mass is 534 g/mol. The molecular formula is C33H34N4O3. The lowest BCUT2D eigenvalue weighted by molar-refractivity contribution is -0.143. The molecular weight excluding hydrogens is 500 g/mol. The second-order valence-electron chi connectivity index (χ2n) is 10.1. The van der Waals surface area contributed by atoms with Crippen molar-refractivity contribution in [3.63, 3.8) is 0 Å². The predicted octanol–water partition coefficient (Wildman–Crippen LogP) is 6.65. The Labute approximate surface area is 235 Å². The molecule has 0 aliphatic heterocycles. The van der Waals surface area contributed by atoms with Gasteiger partial charge in [0.2, 0.25) is 0 Å². The van der Waals surface area contributed by atoms with Crippen LogP contribution >= 0.6 is 0 Å². The molecule has 4 aromatic rings. The van der Waals surface area contributed by atoms with Gasteiger partial charge in [-0.2, -0.15) is 10.4 Å². The first-order valence-electron chi connectivity index (χ1n) is 13.5. The zero-order valence-electron chi connectivity index (χ0n) is 23.9. The van der Waals surface area contributed by atoms with E-state index in [1.54, 1.807) is 13.8 Å². The Bertz CT molecular complexity index is 1610. The van der Waals surface area contributed by atoms with E-state index in [1.807, 2.05) is 61.0 Å². The number of fused-ring (bicyclic) bond motifs is 1. The maximum atomic E-state index is 12.0. The maximum absolute atomic E-state index is 12.0. The number of aryl methyl sites for hydroxylation is 2. The largest absolute Gasteiger partial charge is 0.489 e. The first-order valence-corrected chi connectivity index (χ1v) is 13.5. The van der Waals surface area contributed by atoms with Gasteiger partial charge in [-0.3, -0.25) is 4.79 Å². The maximum Gasteiger partial charge on any atom is 0.307 e. The number of carbonyl (C=O) groups is 1. The Morgan fingerprint density at radius 1 is 1.10 bits per heavy atom. The molecule has 0 N–H and O–H groups in total. The van der Waals surface area contributed by atoms with Gasteiger partial charge in [0, 0.05) is 23.2 Å². The van der Waals surface area contributed by atoms with Crippen molar-refractivity contribution in [2.45, 2.75) is 66.4 Å². The Kier molecular flexibility index (Phi) is 8.86. The molecule has 0 saturated carbocycles. The second-order valence-corrected chi connectivity index (χ2v) is 10.1. The van der Waals surface area contributed by atoms with Gasteiger partial charge in [-0.1, -0.05) is 31.9 Å². The summed E-state index contributed by atoms with van der Waals surface area (Å²) in [6.07, 6.45) is 2.16. The van der Waals surface area contributed by atoms with Gasteiger partial charge in [0.25, 0.3) is 0 Å². The third-order valence-corrected chi connectivity index (χ3v) is 6.64. The van der Waals surface area contributed by atoms with Crippen LogP contribution in [0, 0.1) is 37.0 Å². The lowest BCUT2D eigenvalue weighted by Gasteiger charge is -2.14. The molecule has 0 aliphatic rings. The van der Waals surface area contributed by atoms with E-state index in [-0.39, 0.29) is 24.2 Å². The van der Waals surface area contributed by atoms with Crippen LogP contribution < -0.4 is 4.74 Å². The summed E-state index contributed by atoms with van der Waals surface area (Å²) < 4.78 is 13.1. The first kappa shape index (κ1) is 28.4. The Balaban J connectivity index is 1.63. The van der Waals surface area contributed by atoms with Crippen molar-refractivity contribution in [1.29, 1.82) is 5.26 Å². The number of nitriles is 1. The summed E-state index contributed by atoms with van der Waals surface area (Å²) in [5.41, 5.74) is 7.30. The molecule has 2 heterocycles. The minimum Gasteiger partial charge on any atom is -0.489 e. The van der Waals surface area contributed by atoms with E-state index in [9.17, 15) is 10.1 Å². The highest BCUT2D eigenvalue weighted by Gasteiger charge is 2.18. The van der Waals surface area contributed by atoms with Crippen LogP contribution in [0.1, 0.15) is 79.6 Å². The highest BCUT2D eigenvalue weighted by atomic mass is 16.5. The Morgan fingerprint density at radius 3 is 2.40 bits per heavy atom. The molecule has 0 saturated heterocycles. The molecule has 1 unspecified atom stereocenters. The lowest BCUT2D eigenvalue weighted by atomic mass is 9.93. The van der Waals surface area contributed by atoms with Gasteiger partial charge in [-0.05, 0) is 80.3 Å². The van der Waals surface area contributed by atoms with Crippen molar-refractivity contribution in [1.82, 2.24) is 14.6 Å².